The first-order valence-electron chi connectivity index (χ1n) is 5.76. The topological polar surface area (TPSA) is 79.7 Å². The lowest BCUT2D eigenvalue weighted by Crippen LogP contribution is -2.05. The summed E-state index contributed by atoms with van der Waals surface area (Å²) >= 11 is 0. The fourth-order valence-electron chi connectivity index (χ4n) is 1.82. The number of nitriles is 1. The Morgan fingerprint density at radius 1 is 1.05 bits per heavy atom. The van der Waals surface area contributed by atoms with Gasteiger partial charge in [-0.2, -0.15) is 18.4 Å². The summed E-state index contributed by atoms with van der Waals surface area (Å²) in [6.45, 7) is 6.92. The Labute approximate surface area is 120 Å². The summed E-state index contributed by atoms with van der Waals surface area (Å²) in [6, 6.07) is 4.61. The van der Waals surface area contributed by atoms with Crippen LogP contribution in [0, 0.1) is 17.9 Å². The van der Waals surface area contributed by atoms with Gasteiger partial charge in [0.05, 0.1) is 16.6 Å². The number of aromatic nitrogens is 4. The normalized spacial score (nSPS) is 11.3. The molecule has 3 rings (SSSR count). The summed E-state index contributed by atoms with van der Waals surface area (Å²) in [5.41, 5.74) is -0.983. The predicted molar refractivity (Wildman–Crippen MR) is 68.6 cm³/mol. The van der Waals surface area contributed by atoms with E-state index in [4.69, 9.17) is 11.8 Å². The molecule has 0 fully saturated rings. The largest absolute Gasteiger partial charge is 0.416 e. The highest BCUT2D eigenvalue weighted by atomic mass is 19.4. The summed E-state index contributed by atoms with van der Waals surface area (Å²) in [6.07, 6.45) is -4.50. The van der Waals surface area contributed by atoms with Gasteiger partial charge in [0.1, 0.15) is 6.07 Å². The van der Waals surface area contributed by atoms with Crippen LogP contribution in [0.3, 0.4) is 0 Å². The van der Waals surface area contributed by atoms with Crippen LogP contribution in [-0.2, 0) is 6.18 Å². The molecule has 2 heterocycles. The fraction of sp³-hybridized carbons (Fsp3) is 0.0769. The van der Waals surface area contributed by atoms with Crippen LogP contribution in [0.1, 0.15) is 11.3 Å². The lowest BCUT2D eigenvalue weighted by Gasteiger charge is -2.06. The second kappa shape index (κ2) is 4.60. The first-order valence-corrected chi connectivity index (χ1v) is 5.76. The molecule has 6 nitrogen and oxygen atoms in total. The van der Waals surface area contributed by atoms with E-state index in [0.29, 0.717) is 0 Å². The molecule has 0 N–H and O–H groups in total. The standard InChI is InChI=1S/C13H3F3N6/c1-18-10-9(5-17)21-11-12(22-10)20-8-4-6(13(14,15)16)2-3-7(8)19-11/h2-4H. The minimum atomic E-state index is -4.50. The number of hydrogen-bond donors (Lipinski definition) is 0. The van der Waals surface area contributed by atoms with Crippen LogP contribution < -0.4 is 0 Å². The number of hydrogen-bond acceptors (Lipinski definition) is 5. The zero-order valence-corrected chi connectivity index (χ0v) is 10.5. The summed E-state index contributed by atoms with van der Waals surface area (Å²) in [5.74, 6) is -0.268. The molecule has 0 aliphatic rings. The van der Waals surface area contributed by atoms with Gasteiger partial charge in [0.15, 0.2) is 5.69 Å². The van der Waals surface area contributed by atoms with Crippen LogP contribution in [0.2, 0.25) is 0 Å². The average molecular weight is 300 g/mol. The summed E-state index contributed by atoms with van der Waals surface area (Å²) in [5, 5.41) is 8.88. The molecule has 0 atom stereocenters. The number of halogens is 3. The third kappa shape index (κ3) is 2.15. The number of fused-ring (bicyclic) bond motifs is 2. The Morgan fingerprint density at radius 2 is 1.73 bits per heavy atom. The van der Waals surface area contributed by atoms with Crippen LogP contribution in [0.25, 0.3) is 27.2 Å². The van der Waals surface area contributed by atoms with Crippen molar-refractivity contribution in [3.63, 3.8) is 0 Å². The Hall–Kier alpha value is -3.33. The maximum atomic E-state index is 12.7. The molecule has 0 aliphatic carbocycles. The van der Waals surface area contributed by atoms with Gasteiger partial charge in [-0.25, -0.2) is 15.0 Å². The third-order valence-corrected chi connectivity index (χ3v) is 2.81. The van der Waals surface area contributed by atoms with Gasteiger partial charge in [0.2, 0.25) is 5.65 Å². The number of benzene rings is 1. The van der Waals surface area contributed by atoms with Crippen molar-refractivity contribution in [3.8, 4) is 6.07 Å². The average Bonchev–Trinajstić information content (AvgIpc) is 2.50. The molecule has 0 unspecified atom stereocenters. The molecular formula is C13H3F3N6. The zero-order valence-electron chi connectivity index (χ0n) is 10.5. The molecule has 0 amide bonds. The number of rotatable bonds is 0. The summed E-state index contributed by atoms with van der Waals surface area (Å²) in [7, 11) is 0. The smallest absolute Gasteiger partial charge is 0.358 e. The van der Waals surface area contributed by atoms with Gasteiger partial charge in [-0.05, 0) is 18.2 Å². The number of nitrogens with zero attached hydrogens (tertiary/aromatic N) is 6. The lowest BCUT2D eigenvalue weighted by molar-refractivity contribution is -0.137. The van der Waals surface area contributed by atoms with E-state index in [1.165, 1.54) is 6.07 Å². The van der Waals surface area contributed by atoms with Crippen LogP contribution >= 0.6 is 0 Å². The molecule has 9 heteroatoms. The zero-order chi connectivity index (χ0) is 15.9. The van der Waals surface area contributed by atoms with Crippen molar-refractivity contribution in [2.75, 3.05) is 0 Å². The monoisotopic (exact) mass is 300 g/mol. The van der Waals surface area contributed by atoms with Gasteiger partial charge in [-0.3, -0.25) is 0 Å². The quantitative estimate of drug-likeness (QED) is 0.471. The maximum absolute atomic E-state index is 12.7. The molecule has 0 saturated heterocycles. The van der Waals surface area contributed by atoms with E-state index in [9.17, 15) is 13.2 Å². The summed E-state index contributed by atoms with van der Waals surface area (Å²) in [4.78, 5) is 18.7. The van der Waals surface area contributed by atoms with E-state index >= 15 is 0 Å². The van der Waals surface area contributed by atoms with Gasteiger partial charge in [0.25, 0.3) is 5.65 Å². The van der Waals surface area contributed by atoms with Crippen molar-refractivity contribution in [3.05, 3.63) is 40.9 Å². The van der Waals surface area contributed by atoms with E-state index in [1.807, 2.05) is 0 Å². The molecule has 22 heavy (non-hydrogen) atoms. The Morgan fingerprint density at radius 3 is 2.36 bits per heavy atom. The van der Waals surface area contributed by atoms with Gasteiger partial charge < -0.3 is 4.85 Å². The minimum Gasteiger partial charge on any atom is -0.358 e. The van der Waals surface area contributed by atoms with E-state index < -0.39 is 11.7 Å². The van der Waals surface area contributed by atoms with Crippen LogP contribution in [0.15, 0.2) is 18.2 Å². The van der Waals surface area contributed by atoms with Crippen molar-refractivity contribution in [2.24, 2.45) is 0 Å². The molecule has 0 spiro atoms. The van der Waals surface area contributed by atoms with Crippen LogP contribution in [-0.4, -0.2) is 19.9 Å². The molecule has 2 aromatic heterocycles. The summed E-state index contributed by atoms with van der Waals surface area (Å²) < 4.78 is 38.1. The highest BCUT2D eigenvalue weighted by Crippen LogP contribution is 2.31. The number of alkyl halides is 3. The lowest BCUT2D eigenvalue weighted by atomic mass is 10.2. The molecular weight excluding hydrogens is 297 g/mol. The first-order chi connectivity index (χ1) is 10.4. The van der Waals surface area contributed by atoms with Crippen LogP contribution in [0.4, 0.5) is 19.0 Å². The van der Waals surface area contributed by atoms with Crippen molar-refractivity contribution >= 4 is 28.1 Å². The van der Waals surface area contributed by atoms with Gasteiger partial charge in [-0.1, -0.05) is 11.6 Å². The Balaban J connectivity index is 2.32. The van der Waals surface area contributed by atoms with Crippen LogP contribution in [0.5, 0.6) is 0 Å². The van der Waals surface area contributed by atoms with E-state index in [0.717, 1.165) is 12.1 Å². The van der Waals surface area contributed by atoms with Gasteiger partial charge in [-0.15, -0.1) is 0 Å². The van der Waals surface area contributed by atoms with Crippen molar-refractivity contribution in [1.29, 1.82) is 5.26 Å². The first kappa shape index (κ1) is 13.6. The van der Waals surface area contributed by atoms with E-state index in [2.05, 4.69) is 24.8 Å². The molecule has 0 bridgehead atoms. The molecule has 0 radical (unpaired) electrons. The predicted octanol–water partition coefficient (Wildman–Crippen LogP) is 3.01. The molecule has 0 saturated carbocycles. The third-order valence-electron chi connectivity index (χ3n) is 2.81. The molecule has 3 aromatic rings. The SMILES string of the molecule is [C-]#[N+]c1nc2nc3cc(C(F)(F)F)ccc3nc2nc1C#N. The second-order valence-corrected chi connectivity index (χ2v) is 4.19. The second-order valence-electron chi connectivity index (χ2n) is 4.19. The molecule has 1 aromatic carbocycles. The van der Waals surface area contributed by atoms with E-state index in [1.54, 1.807) is 6.07 Å². The Bertz CT molecular complexity index is 997. The van der Waals surface area contributed by atoms with Gasteiger partial charge in [0, 0.05) is 0 Å². The molecule has 0 aliphatic heterocycles. The Kier molecular flexibility index (Phi) is 2.85. The van der Waals surface area contributed by atoms with Crippen molar-refractivity contribution in [2.45, 2.75) is 6.18 Å². The highest BCUT2D eigenvalue weighted by molar-refractivity contribution is 5.84. The van der Waals surface area contributed by atoms with Crippen molar-refractivity contribution in [1.82, 2.24) is 19.9 Å². The van der Waals surface area contributed by atoms with Gasteiger partial charge >= 0.3 is 12.0 Å². The molecule has 106 valence electrons. The minimum absolute atomic E-state index is 0.00351. The van der Waals surface area contributed by atoms with Crippen molar-refractivity contribution < 1.29 is 13.2 Å². The fourth-order valence-corrected chi connectivity index (χ4v) is 1.82. The highest BCUT2D eigenvalue weighted by Gasteiger charge is 2.30. The van der Waals surface area contributed by atoms with E-state index in [-0.39, 0.29) is 33.8 Å². The maximum Gasteiger partial charge on any atom is 0.416 e.